The third-order valence-corrected chi connectivity index (χ3v) is 2.47. The Morgan fingerprint density at radius 3 is 1.65 bits per heavy atom. The first kappa shape index (κ1) is 18.6. The molecule has 0 N–H and O–H groups in total. The van der Waals surface area contributed by atoms with E-state index in [1.165, 1.54) is 12.0 Å². The van der Waals surface area contributed by atoms with E-state index in [0.29, 0.717) is 5.41 Å². The van der Waals surface area contributed by atoms with Gasteiger partial charge in [0, 0.05) is 0 Å². The number of benzene rings is 1. The van der Waals surface area contributed by atoms with Crippen LogP contribution in [-0.2, 0) is 5.41 Å². The molecule has 1 aromatic rings. The normalized spacial score (nSPS) is 9.94. The van der Waals surface area contributed by atoms with Crippen molar-refractivity contribution >= 4 is 0 Å². The summed E-state index contributed by atoms with van der Waals surface area (Å²) in [6.45, 7) is 17.2. The molecule has 0 heterocycles. The molecule has 17 heavy (non-hydrogen) atoms. The van der Waals surface area contributed by atoms with Crippen LogP contribution in [0.2, 0.25) is 0 Å². The first-order valence-corrected chi connectivity index (χ1v) is 7.08. The molecule has 0 bridgehead atoms. The molecule has 0 atom stereocenters. The fraction of sp³-hybridized carbons (Fsp3) is 0.647. The van der Waals surface area contributed by atoms with Crippen LogP contribution in [0.25, 0.3) is 0 Å². The van der Waals surface area contributed by atoms with Gasteiger partial charge in [-0.15, -0.1) is 0 Å². The maximum Gasteiger partial charge on any atom is -0.0101 e. The van der Waals surface area contributed by atoms with E-state index in [2.05, 4.69) is 58.0 Å². The molecule has 0 spiro atoms. The van der Waals surface area contributed by atoms with E-state index in [-0.39, 0.29) is 0 Å². The fourth-order valence-corrected chi connectivity index (χ4v) is 2.03. The predicted molar refractivity (Wildman–Crippen MR) is 81.6 cm³/mol. The van der Waals surface area contributed by atoms with E-state index in [4.69, 9.17) is 0 Å². The Morgan fingerprint density at radius 2 is 1.29 bits per heavy atom. The average Bonchev–Trinajstić information content (AvgIpc) is 2.34. The van der Waals surface area contributed by atoms with Gasteiger partial charge in [0.05, 0.1) is 0 Å². The SMILES string of the molecule is CC.CC.CC(C)CC(C)(C)c1ccccc1. The Hall–Kier alpha value is -0.780. The van der Waals surface area contributed by atoms with Gasteiger partial charge in [-0.05, 0) is 23.3 Å². The molecule has 0 amide bonds. The van der Waals surface area contributed by atoms with Gasteiger partial charge in [0.15, 0.2) is 0 Å². The minimum absolute atomic E-state index is 0.315. The lowest BCUT2D eigenvalue weighted by Gasteiger charge is -2.27. The van der Waals surface area contributed by atoms with Gasteiger partial charge in [0.2, 0.25) is 0 Å². The number of rotatable bonds is 3. The maximum absolute atomic E-state index is 2.32. The molecule has 0 fully saturated rings. The Morgan fingerprint density at radius 1 is 0.882 bits per heavy atom. The molecule has 100 valence electrons. The third-order valence-electron chi connectivity index (χ3n) is 2.47. The molecule has 0 radical (unpaired) electrons. The zero-order valence-corrected chi connectivity index (χ0v) is 13.2. The van der Waals surface area contributed by atoms with Gasteiger partial charge in [-0.2, -0.15) is 0 Å². The van der Waals surface area contributed by atoms with Gasteiger partial charge in [0.1, 0.15) is 0 Å². The third kappa shape index (κ3) is 8.01. The molecular weight excluding hydrogens is 204 g/mol. The van der Waals surface area contributed by atoms with Crippen molar-refractivity contribution in [1.82, 2.24) is 0 Å². The average molecular weight is 236 g/mol. The summed E-state index contributed by atoms with van der Waals surface area (Å²) < 4.78 is 0. The summed E-state index contributed by atoms with van der Waals surface area (Å²) in [6.07, 6.45) is 1.25. The van der Waals surface area contributed by atoms with Crippen LogP contribution < -0.4 is 0 Å². The smallest absolute Gasteiger partial charge is 0.0101 e. The second-order valence-corrected chi connectivity index (χ2v) is 4.85. The van der Waals surface area contributed by atoms with E-state index in [9.17, 15) is 0 Å². The van der Waals surface area contributed by atoms with E-state index in [0.717, 1.165) is 5.92 Å². The largest absolute Gasteiger partial charge is 0.0683 e. The molecule has 0 aliphatic carbocycles. The summed E-state index contributed by atoms with van der Waals surface area (Å²) in [5.41, 5.74) is 1.76. The van der Waals surface area contributed by atoms with Crippen molar-refractivity contribution < 1.29 is 0 Å². The van der Waals surface area contributed by atoms with Gasteiger partial charge in [-0.1, -0.05) is 85.7 Å². The summed E-state index contributed by atoms with van der Waals surface area (Å²) in [7, 11) is 0. The Kier molecular flexibility index (Phi) is 11.3. The highest BCUT2D eigenvalue weighted by Gasteiger charge is 2.20. The van der Waals surface area contributed by atoms with Gasteiger partial charge >= 0.3 is 0 Å². The summed E-state index contributed by atoms with van der Waals surface area (Å²) in [5.74, 6) is 0.759. The van der Waals surface area contributed by atoms with Crippen molar-refractivity contribution in [3.05, 3.63) is 35.9 Å². The van der Waals surface area contributed by atoms with E-state index >= 15 is 0 Å². The lowest BCUT2D eigenvalue weighted by molar-refractivity contribution is 0.400. The molecule has 0 aliphatic rings. The van der Waals surface area contributed by atoms with Crippen molar-refractivity contribution in [2.45, 2.75) is 67.2 Å². The second kappa shape index (κ2) is 10.4. The molecule has 0 aliphatic heterocycles. The van der Waals surface area contributed by atoms with Crippen LogP contribution in [0.5, 0.6) is 0 Å². The van der Waals surface area contributed by atoms with Crippen molar-refractivity contribution in [3.8, 4) is 0 Å². The van der Waals surface area contributed by atoms with E-state index in [1.54, 1.807) is 0 Å². The Balaban J connectivity index is 0. The van der Waals surface area contributed by atoms with Crippen molar-refractivity contribution in [1.29, 1.82) is 0 Å². The number of hydrogen-bond donors (Lipinski definition) is 0. The molecule has 1 aromatic carbocycles. The van der Waals surface area contributed by atoms with Crippen LogP contribution in [0.15, 0.2) is 30.3 Å². The maximum atomic E-state index is 2.32. The first-order valence-electron chi connectivity index (χ1n) is 7.08. The summed E-state index contributed by atoms with van der Waals surface area (Å²) in [5, 5.41) is 0. The van der Waals surface area contributed by atoms with Crippen molar-refractivity contribution in [2.24, 2.45) is 5.92 Å². The van der Waals surface area contributed by atoms with E-state index in [1.807, 2.05) is 27.7 Å². The zero-order chi connectivity index (χ0) is 13.9. The minimum Gasteiger partial charge on any atom is -0.0683 e. The first-order chi connectivity index (χ1) is 8.02. The second-order valence-electron chi connectivity index (χ2n) is 4.85. The van der Waals surface area contributed by atoms with Crippen LogP contribution in [0, 0.1) is 5.92 Å². The Labute approximate surface area is 109 Å². The van der Waals surface area contributed by atoms with Crippen LogP contribution >= 0.6 is 0 Å². The molecule has 0 saturated heterocycles. The predicted octanol–water partition coefficient (Wildman–Crippen LogP) is 6.06. The van der Waals surface area contributed by atoms with Crippen molar-refractivity contribution in [2.75, 3.05) is 0 Å². The van der Waals surface area contributed by atoms with Gasteiger partial charge < -0.3 is 0 Å². The van der Waals surface area contributed by atoms with Crippen LogP contribution in [0.3, 0.4) is 0 Å². The molecule has 0 saturated carbocycles. The lowest BCUT2D eigenvalue weighted by Crippen LogP contribution is -2.19. The highest BCUT2D eigenvalue weighted by Crippen LogP contribution is 2.29. The quantitative estimate of drug-likeness (QED) is 0.598. The highest BCUT2D eigenvalue weighted by atomic mass is 14.3. The van der Waals surface area contributed by atoms with E-state index < -0.39 is 0 Å². The summed E-state index contributed by atoms with van der Waals surface area (Å²) in [4.78, 5) is 0. The van der Waals surface area contributed by atoms with Gasteiger partial charge in [-0.25, -0.2) is 0 Å². The van der Waals surface area contributed by atoms with Crippen molar-refractivity contribution in [3.63, 3.8) is 0 Å². The van der Waals surface area contributed by atoms with Crippen LogP contribution in [0.4, 0.5) is 0 Å². The Bertz CT molecular complexity index is 244. The molecule has 0 nitrogen and oxygen atoms in total. The minimum atomic E-state index is 0.315. The fourth-order valence-electron chi connectivity index (χ4n) is 2.03. The molecular formula is C17H32. The van der Waals surface area contributed by atoms with Crippen LogP contribution in [0.1, 0.15) is 67.4 Å². The standard InChI is InChI=1S/C13H20.2C2H6/c1-11(2)10-13(3,4)12-8-6-5-7-9-12;2*1-2/h5-9,11H,10H2,1-4H3;2*1-2H3. The van der Waals surface area contributed by atoms with Gasteiger partial charge in [0.25, 0.3) is 0 Å². The lowest BCUT2D eigenvalue weighted by atomic mass is 9.78. The molecule has 0 heteroatoms. The molecule has 0 unspecified atom stereocenters. The topological polar surface area (TPSA) is 0 Å². The van der Waals surface area contributed by atoms with Gasteiger partial charge in [-0.3, -0.25) is 0 Å². The number of hydrogen-bond acceptors (Lipinski definition) is 0. The molecule has 0 aromatic heterocycles. The summed E-state index contributed by atoms with van der Waals surface area (Å²) >= 11 is 0. The zero-order valence-electron chi connectivity index (χ0n) is 13.2. The van der Waals surface area contributed by atoms with Crippen LogP contribution in [-0.4, -0.2) is 0 Å². The highest BCUT2D eigenvalue weighted by molar-refractivity contribution is 5.23. The molecule has 1 rings (SSSR count). The monoisotopic (exact) mass is 236 g/mol. The summed E-state index contributed by atoms with van der Waals surface area (Å²) in [6, 6.07) is 10.8.